The number of carbonyl (C=O) groups is 3. The van der Waals surface area contributed by atoms with E-state index in [1.807, 2.05) is 54.1 Å². The molecule has 0 saturated carbocycles. The third kappa shape index (κ3) is 4.94. The van der Waals surface area contributed by atoms with E-state index in [1.54, 1.807) is 17.0 Å². The molecule has 0 radical (unpaired) electrons. The molecule has 1 aromatic carbocycles. The molecular formula is C24H23NO4S2. The van der Waals surface area contributed by atoms with Gasteiger partial charge in [-0.3, -0.25) is 14.4 Å². The summed E-state index contributed by atoms with van der Waals surface area (Å²) in [5.41, 5.74) is 1.70. The minimum atomic E-state index is -0.950. The molecule has 0 N–H and O–H groups in total. The highest BCUT2D eigenvalue weighted by Crippen LogP contribution is 2.30. The van der Waals surface area contributed by atoms with Gasteiger partial charge in [-0.25, -0.2) is 0 Å². The smallest absolute Gasteiger partial charge is 0.311 e. The van der Waals surface area contributed by atoms with Crippen molar-refractivity contribution in [1.29, 1.82) is 0 Å². The quantitative estimate of drug-likeness (QED) is 0.383. The molecule has 5 nitrogen and oxygen atoms in total. The highest BCUT2D eigenvalue weighted by Gasteiger charge is 2.34. The number of aryl methyl sites for hydroxylation is 1. The van der Waals surface area contributed by atoms with Crippen molar-refractivity contribution in [2.75, 3.05) is 13.1 Å². The number of ether oxygens (including phenoxy) is 1. The number of piperidine rings is 1. The largest absolute Gasteiger partial charge is 0.448 e. The van der Waals surface area contributed by atoms with E-state index >= 15 is 0 Å². The van der Waals surface area contributed by atoms with E-state index in [4.69, 9.17) is 4.74 Å². The van der Waals surface area contributed by atoms with E-state index in [1.165, 1.54) is 22.7 Å². The molecule has 160 valence electrons. The summed E-state index contributed by atoms with van der Waals surface area (Å²) >= 11 is 2.72. The number of nitrogens with zero attached hydrogens (tertiary/aromatic N) is 1. The van der Waals surface area contributed by atoms with Gasteiger partial charge < -0.3 is 9.64 Å². The lowest BCUT2D eigenvalue weighted by molar-refractivity contribution is -0.153. The average molecular weight is 454 g/mol. The Kier molecular flexibility index (Phi) is 6.63. The molecule has 2 aromatic heterocycles. The Morgan fingerprint density at radius 3 is 2.45 bits per heavy atom. The maximum absolute atomic E-state index is 13.0. The molecule has 1 saturated heterocycles. The first-order chi connectivity index (χ1) is 15.0. The van der Waals surface area contributed by atoms with Gasteiger partial charge in [0.25, 0.3) is 5.91 Å². The van der Waals surface area contributed by atoms with Crippen LogP contribution >= 0.6 is 22.7 Å². The van der Waals surface area contributed by atoms with E-state index in [-0.39, 0.29) is 11.7 Å². The number of hydrogen-bond acceptors (Lipinski definition) is 6. The van der Waals surface area contributed by atoms with Gasteiger partial charge >= 0.3 is 5.97 Å². The molecule has 0 aliphatic carbocycles. The Labute approximate surface area is 189 Å². The van der Waals surface area contributed by atoms with Gasteiger partial charge in [-0.2, -0.15) is 0 Å². The fraction of sp³-hybridized carbons (Fsp3) is 0.292. The zero-order chi connectivity index (χ0) is 21.8. The van der Waals surface area contributed by atoms with E-state index in [2.05, 4.69) is 0 Å². The van der Waals surface area contributed by atoms with Crippen molar-refractivity contribution in [2.24, 2.45) is 5.92 Å². The van der Waals surface area contributed by atoms with Crippen molar-refractivity contribution < 1.29 is 19.1 Å². The molecule has 0 unspecified atom stereocenters. The molecule has 0 bridgehead atoms. The third-order valence-electron chi connectivity index (χ3n) is 5.38. The van der Waals surface area contributed by atoms with Gasteiger partial charge in [0.2, 0.25) is 5.78 Å². The van der Waals surface area contributed by atoms with Crippen LogP contribution in [0, 0.1) is 12.8 Å². The lowest BCUT2D eigenvalue weighted by atomic mass is 9.97. The molecular weight excluding hydrogens is 430 g/mol. The Bertz CT molecular complexity index is 1040. The van der Waals surface area contributed by atoms with Crippen LogP contribution in [0.5, 0.6) is 0 Å². The SMILES string of the molecule is Cc1ccc(C(=O)N2CCC[C@@H](C(=O)O[C@@H](C(=O)c3cccs3)c3cccs3)C2)cc1. The zero-order valence-corrected chi connectivity index (χ0v) is 18.8. The number of rotatable bonds is 6. The van der Waals surface area contributed by atoms with Crippen LogP contribution in [-0.4, -0.2) is 35.6 Å². The predicted octanol–water partition coefficient (Wildman–Crippen LogP) is 5.14. The molecule has 1 fully saturated rings. The molecule has 3 aromatic rings. The van der Waals surface area contributed by atoms with Crippen molar-refractivity contribution in [3.63, 3.8) is 0 Å². The van der Waals surface area contributed by atoms with Crippen molar-refractivity contribution in [2.45, 2.75) is 25.9 Å². The molecule has 1 aliphatic rings. The summed E-state index contributed by atoms with van der Waals surface area (Å²) in [6.07, 6.45) is 0.412. The number of thiophene rings is 2. The van der Waals surface area contributed by atoms with Gasteiger partial charge in [0, 0.05) is 18.7 Å². The Morgan fingerprint density at radius 2 is 1.77 bits per heavy atom. The zero-order valence-electron chi connectivity index (χ0n) is 17.2. The number of ketones is 1. The summed E-state index contributed by atoms with van der Waals surface area (Å²) < 4.78 is 5.76. The number of carbonyl (C=O) groups excluding carboxylic acids is 3. The summed E-state index contributed by atoms with van der Waals surface area (Å²) in [4.78, 5) is 41.9. The van der Waals surface area contributed by atoms with Crippen molar-refractivity contribution in [3.05, 3.63) is 80.2 Å². The Hall–Kier alpha value is -2.77. The Morgan fingerprint density at radius 1 is 1.03 bits per heavy atom. The van der Waals surface area contributed by atoms with Crippen molar-refractivity contribution in [3.8, 4) is 0 Å². The second kappa shape index (κ2) is 9.58. The molecule has 1 aliphatic heterocycles. The monoisotopic (exact) mass is 453 g/mol. The summed E-state index contributed by atoms with van der Waals surface area (Å²) in [6.45, 7) is 2.89. The van der Waals surface area contributed by atoms with E-state index < -0.39 is 18.0 Å². The molecule has 4 rings (SSSR count). The first-order valence-electron chi connectivity index (χ1n) is 10.2. The molecule has 2 atom stereocenters. The summed E-state index contributed by atoms with van der Waals surface area (Å²) in [6, 6.07) is 14.6. The number of Topliss-reactive ketones (excluding diaryl/α,β-unsaturated/α-hetero) is 1. The second-order valence-electron chi connectivity index (χ2n) is 7.63. The van der Waals surface area contributed by atoms with Gasteiger partial charge in [-0.05, 0) is 54.8 Å². The molecule has 31 heavy (non-hydrogen) atoms. The van der Waals surface area contributed by atoms with E-state index in [0.717, 1.165) is 12.0 Å². The number of benzene rings is 1. The maximum atomic E-state index is 13.0. The summed E-state index contributed by atoms with van der Waals surface area (Å²) in [5.74, 6) is -1.16. The Balaban J connectivity index is 1.46. The number of amides is 1. The van der Waals surface area contributed by atoms with E-state index in [0.29, 0.717) is 34.8 Å². The van der Waals surface area contributed by atoms with Crippen LogP contribution in [0.1, 0.15) is 49.4 Å². The number of likely N-dealkylation sites (tertiary alicyclic amines) is 1. The van der Waals surface area contributed by atoms with Gasteiger partial charge in [0.1, 0.15) is 0 Å². The first kappa shape index (κ1) is 21.5. The first-order valence-corrected chi connectivity index (χ1v) is 12.0. The highest BCUT2D eigenvalue weighted by atomic mass is 32.1. The normalized spacial score (nSPS) is 17.2. The summed E-state index contributed by atoms with van der Waals surface area (Å²) in [5, 5.41) is 3.69. The van der Waals surface area contributed by atoms with Crippen LogP contribution in [0.2, 0.25) is 0 Å². The minimum absolute atomic E-state index is 0.0815. The van der Waals surface area contributed by atoms with E-state index in [9.17, 15) is 14.4 Å². The summed E-state index contributed by atoms with van der Waals surface area (Å²) in [7, 11) is 0. The van der Waals surface area contributed by atoms with Crippen molar-refractivity contribution >= 4 is 40.3 Å². The van der Waals surface area contributed by atoms with Gasteiger partial charge in [0.05, 0.1) is 15.7 Å². The van der Waals surface area contributed by atoms with Crippen LogP contribution < -0.4 is 0 Å². The lowest BCUT2D eigenvalue weighted by Crippen LogP contribution is -2.43. The number of hydrogen-bond donors (Lipinski definition) is 0. The fourth-order valence-electron chi connectivity index (χ4n) is 3.67. The van der Waals surface area contributed by atoms with Crippen LogP contribution in [0.15, 0.2) is 59.3 Å². The fourth-order valence-corrected chi connectivity index (χ4v) is 5.11. The topological polar surface area (TPSA) is 63.7 Å². The lowest BCUT2D eigenvalue weighted by Gasteiger charge is -2.32. The predicted molar refractivity (Wildman–Crippen MR) is 122 cm³/mol. The molecule has 3 heterocycles. The van der Waals surface area contributed by atoms with Gasteiger partial charge in [-0.15, -0.1) is 22.7 Å². The average Bonchev–Trinajstić information content (AvgIpc) is 3.51. The third-order valence-corrected chi connectivity index (χ3v) is 7.18. The molecule has 1 amide bonds. The van der Waals surface area contributed by atoms with Crippen LogP contribution in [0.25, 0.3) is 0 Å². The molecule has 0 spiro atoms. The van der Waals surface area contributed by atoms with Gasteiger partial charge in [0.15, 0.2) is 6.10 Å². The molecule has 7 heteroatoms. The van der Waals surface area contributed by atoms with Crippen LogP contribution in [0.4, 0.5) is 0 Å². The van der Waals surface area contributed by atoms with Crippen LogP contribution in [-0.2, 0) is 9.53 Å². The standard InChI is InChI=1S/C24H23NO4S2/c1-16-8-10-17(11-9-16)23(27)25-12-2-5-18(15-25)24(28)29-22(20-7-4-14-31-20)21(26)19-6-3-13-30-19/h3-4,6-11,13-14,18,22H,2,5,12,15H2,1H3/t18-,22-/m1/s1. The van der Waals surface area contributed by atoms with Crippen molar-refractivity contribution in [1.82, 2.24) is 4.90 Å². The maximum Gasteiger partial charge on any atom is 0.311 e. The number of esters is 1. The minimum Gasteiger partial charge on any atom is -0.448 e. The highest BCUT2D eigenvalue weighted by molar-refractivity contribution is 7.12. The van der Waals surface area contributed by atoms with Gasteiger partial charge in [-0.1, -0.05) is 29.8 Å². The van der Waals surface area contributed by atoms with Crippen LogP contribution in [0.3, 0.4) is 0 Å². The second-order valence-corrected chi connectivity index (χ2v) is 9.56.